The fraction of sp³-hybridized carbons (Fsp3) is 0.500. The van der Waals surface area contributed by atoms with E-state index in [0.717, 1.165) is 25.3 Å². The van der Waals surface area contributed by atoms with Gasteiger partial charge in [-0.25, -0.2) is 0 Å². The summed E-state index contributed by atoms with van der Waals surface area (Å²) in [6, 6.07) is 9.91. The third kappa shape index (κ3) is 2.50. The van der Waals surface area contributed by atoms with Crippen LogP contribution < -0.4 is 10.2 Å². The number of carbonyl (C=O) groups is 1. The highest BCUT2D eigenvalue weighted by Crippen LogP contribution is 2.22. The quantitative estimate of drug-likeness (QED) is 0.863. The maximum Gasteiger partial charge on any atom is 0.231 e. The molecule has 0 aliphatic carbocycles. The summed E-state index contributed by atoms with van der Waals surface area (Å²) in [6.07, 6.45) is 0. The van der Waals surface area contributed by atoms with Gasteiger partial charge in [0.2, 0.25) is 5.91 Å². The minimum absolute atomic E-state index is 0.121. The van der Waals surface area contributed by atoms with Gasteiger partial charge >= 0.3 is 0 Å². The number of anilines is 1. The Kier molecular flexibility index (Phi) is 3.79. The van der Waals surface area contributed by atoms with E-state index in [1.165, 1.54) is 0 Å². The fourth-order valence-electron chi connectivity index (χ4n) is 2.41. The Morgan fingerprint density at radius 2 is 2.06 bits per heavy atom. The van der Waals surface area contributed by atoms with Crippen LogP contribution in [-0.4, -0.2) is 25.5 Å². The summed E-state index contributed by atoms with van der Waals surface area (Å²) >= 11 is 0. The molecule has 1 amide bonds. The molecule has 0 saturated carbocycles. The van der Waals surface area contributed by atoms with Crippen LogP contribution >= 0.6 is 0 Å². The molecule has 0 radical (unpaired) electrons. The van der Waals surface area contributed by atoms with Gasteiger partial charge in [-0.1, -0.05) is 25.1 Å². The third-order valence-corrected chi connectivity index (χ3v) is 3.48. The van der Waals surface area contributed by atoms with Crippen LogP contribution in [0.1, 0.15) is 13.8 Å². The van der Waals surface area contributed by atoms with Crippen molar-refractivity contribution in [1.82, 2.24) is 5.32 Å². The largest absolute Gasteiger partial charge is 0.316 e. The molecule has 1 N–H and O–H groups in total. The number of hydrogen-bond donors (Lipinski definition) is 1. The van der Waals surface area contributed by atoms with E-state index < -0.39 is 0 Å². The van der Waals surface area contributed by atoms with Gasteiger partial charge in [0, 0.05) is 18.8 Å². The SMILES string of the molecule is CCN(C(=O)C1CNCC1C)c1ccccc1. The molecule has 3 heteroatoms. The summed E-state index contributed by atoms with van der Waals surface area (Å²) < 4.78 is 0. The zero-order valence-electron chi connectivity index (χ0n) is 10.5. The van der Waals surface area contributed by atoms with E-state index >= 15 is 0 Å². The normalized spacial score (nSPS) is 23.6. The first kappa shape index (κ1) is 12.1. The Balaban J connectivity index is 2.16. The monoisotopic (exact) mass is 232 g/mol. The Labute approximate surface area is 103 Å². The average molecular weight is 232 g/mol. The van der Waals surface area contributed by atoms with Crippen molar-refractivity contribution in [1.29, 1.82) is 0 Å². The lowest BCUT2D eigenvalue weighted by molar-refractivity contribution is -0.122. The van der Waals surface area contributed by atoms with E-state index in [-0.39, 0.29) is 11.8 Å². The number of nitrogens with one attached hydrogen (secondary N) is 1. The molecule has 3 nitrogen and oxygen atoms in total. The van der Waals surface area contributed by atoms with E-state index in [0.29, 0.717) is 5.92 Å². The van der Waals surface area contributed by atoms with Crippen LogP contribution in [0.4, 0.5) is 5.69 Å². The molecule has 1 fully saturated rings. The summed E-state index contributed by atoms with van der Waals surface area (Å²) in [5.74, 6) is 0.798. The molecule has 0 spiro atoms. The topological polar surface area (TPSA) is 32.3 Å². The zero-order valence-corrected chi connectivity index (χ0v) is 10.5. The van der Waals surface area contributed by atoms with Crippen LogP contribution in [0.25, 0.3) is 0 Å². The van der Waals surface area contributed by atoms with Crippen molar-refractivity contribution in [3.8, 4) is 0 Å². The van der Waals surface area contributed by atoms with Gasteiger partial charge in [0.1, 0.15) is 0 Å². The number of carbonyl (C=O) groups excluding carboxylic acids is 1. The lowest BCUT2D eigenvalue weighted by atomic mass is 9.96. The van der Waals surface area contributed by atoms with Crippen molar-refractivity contribution in [2.24, 2.45) is 11.8 Å². The highest BCUT2D eigenvalue weighted by molar-refractivity contribution is 5.95. The summed E-state index contributed by atoms with van der Waals surface area (Å²) in [5, 5.41) is 3.29. The first-order valence-electron chi connectivity index (χ1n) is 6.31. The summed E-state index contributed by atoms with van der Waals surface area (Å²) in [7, 11) is 0. The minimum atomic E-state index is 0.121. The number of para-hydroxylation sites is 1. The smallest absolute Gasteiger partial charge is 0.231 e. The fourth-order valence-corrected chi connectivity index (χ4v) is 2.41. The standard InChI is InChI=1S/C14H20N2O/c1-3-16(12-7-5-4-6-8-12)14(17)13-10-15-9-11(13)2/h4-8,11,13,15H,3,9-10H2,1-2H3. The van der Waals surface area contributed by atoms with Gasteiger partial charge in [-0.05, 0) is 31.5 Å². The molecule has 1 aliphatic heterocycles. The molecule has 92 valence electrons. The van der Waals surface area contributed by atoms with Crippen LogP contribution in [0, 0.1) is 11.8 Å². The highest BCUT2D eigenvalue weighted by atomic mass is 16.2. The number of rotatable bonds is 3. The number of nitrogens with zero attached hydrogens (tertiary/aromatic N) is 1. The van der Waals surface area contributed by atoms with Crippen molar-refractivity contribution < 1.29 is 4.79 Å². The van der Waals surface area contributed by atoms with Crippen molar-refractivity contribution >= 4 is 11.6 Å². The van der Waals surface area contributed by atoms with Crippen molar-refractivity contribution in [2.75, 3.05) is 24.5 Å². The van der Waals surface area contributed by atoms with Gasteiger partial charge in [-0.15, -0.1) is 0 Å². The van der Waals surface area contributed by atoms with E-state index in [9.17, 15) is 4.79 Å². The summed E-state index contributed by atoms with van der Waals surface area (Å²) in [6.45, 7) is 6.65. The van der Waals surface area contributed by atoms with E-state index in [1.54, 1.807) is 0 Å². The molecule has 2 rings (SSSR count). The van der Waals surface area contributed by atoms with Gasteiger partial charge < -0.3 is 10.2 Å². The molecule has 1 saturated heterocycles. The molecule has 1 heterocycles. The van der Waals surface area contributed by atoms with Crippen molar-refractivity contribution in [3.63, 3.8) is 0 Å². The molecule has 1 aromatic carbocycles. The lowest BCUT2D eigenvalue weighted by Crippen LogP contribution is -2.38. The van der Waals surface area contributed by atoms with Crippen LogP contribution in [0.15, 0.2) is 30.3 Å². The highest BCUT2D eigenvalue weighted by Gasteiger charge is 2.32. The first-order valence-corrected chi connectivity index (χ1v) is 6.31. The van der Waals surface area contributed by atoms with Gasteiger partial charge in [0.05, 0.1) is 5.92 Å². The molecule has 1 aliphatic rings. The van der Waals surface area contributed by atoms with E-state index in [4.69, 9.17) is 0 Å². The van der Waals surface area contributed by atoms with E-state index in [2.05, 4.69) is 12.2 Å². The molecule has 0 bridgehead atoms. The maximum atomic E-state index is 12.5. The molecule has 1 aromatic rings. The Morgan fingerprint density at radius 3 is 2.59 bits per heavy atom. The second-order valence-electron chi connectivity index (χ2n) is 4.66. The zero-order chi connectivity index (χ0) is 12.3. The van der Waals surface area contributed by atoms with Crippen molar-refractivity contribution in [2.45, 2.75) is 13.8 Å². The Morgan fingerprint density at radius 1 is 1.35 bits per heavy atom. The number of benzene rings is 1. The van der Waals surface area contributed by atoms with Crippen LogP contribution in [0.3, 0.4) is 0 Å². The minimum Gasteiger partial charge on any atom is -0.316 e. The molecule has 17 heavy (non-hydrogen) atoms. The van der Waals surface area contributed by atoms with E-state index in [1.807, 2.05) is 42.2 Å². The Bertz CT molecular complexity index is 377. The second-order valence-corrected chi connectivity index (χ2v) is 4.66. The summed E-state index contributed by atoms with van der Waals surface area (Å²) in [5.41, 5.74) is 0.999. The van der Waals surface area contributed by atoms with Crippen LogP contribution in [-0.2, 0) is 4.79 Å². The Hall–Kier alpha value is -1.35. The molecule has 2 unspecified atom stereocenters. The van der Waals surface area contributed by atoms with Gasteiger partial charge in [0.25, 0.3) is 0 Å². The lowest BCUT2D eigenvalue weighted by Gasteiger charge is -2.25. The predicted octanol–water partition coefficient (Wildman–Crippen LogP) is 1.90. The molecule has 0 aromatic heterocycles. The maximum absolute atomic E-state index is 12.5. The summed E-state index contributed by atoms with van der Waals surface area (Å²) in [4.78, 5) is 14.4. The van der Waals surface area contributed by atoms with Gasteiger partial charge in [-0.3, -0.25) is 4.79 Å². The molecular formula is C14H20N2O. The van der Waals surface area contributed by atoms with Crippen LogP contribution in [0.5, 0.6) is 0 Å². The first-order chi connectivity index (χ1) is 8.24. The van der Waals surface area contributed by atoms with Gasteiger partial charge in [0.15, 0.2) is 0 Å². The van der Waals surface area contributed by atoms with Gasteiger partial charge in [-0.2, -0.15) is 0 Å². The number of hydrogen-bond acceptors (Lipinski definition) is 2. The molecular weight excluding hydrogens is 212 g/mol. The average Bonchev–Trinajstić information content (AvgIpc) is 2.77. The second kappa shape index (κ2) is 5.32. The third-order valence-electron chi connectivity index (χ3n) is 3.48. The van der Waals surface area contributed by atoms with Crippen LogP contribution in [0.2, 0.25) is 0 Å². The van der Waals surface area contributed by atoms with Crippen molar-refractivity contribution in [3.05, 3.63) is 30.3 Å². The number of amides is 1. The predicted molar refractivity (Wildman–Crippen MR) is 70.0 cm³/mol. The molecule has 2 atom stereocenters.